The molecule has 1 aromatic heterocycles. The van der Waals surface area contributed by atoms with Gasteiger partial charge >= 0.3 is 0 Å². The lowest BCUT2D eigenvalue weighted by Gasteiger charge is -2.42. The van der Waals surface area contributed by atoms with Crippen LogP contribution in [0.5, 0.6) is 0 Å². The van der Waals surface area contributed by atoms with Crippen molar-refractivity contribution in [1.29, 1.82) is 0 Å². The van der Waals surface area contributed by atoms with Crippen LogP contribution in [0.25, 0.3) is 0 Å². The molecule has 7 nitrogen and oxygen atoms in total. The van der Waals surface area contributed by atoms with Gasteiger partial charge in [-0.15, -0.1) is 0 Å². The minimum Gasteiger partial charge on any atom is -0.336 e. The molecule has 1 atom stereocenters. The summed E-state index contributed by atoms with van der Waals surface area (Å²) in [6, 6.07) is 5.99. The average Bonchev–Trinajstić information content (AvgIpc) is 2.76. The van der Waals surface area contributed by atoms with Crippen molar-refractivity contribution in [2.45, 2.75) is 57.5 Å². The monoisotopic (exact) mass is 398 g/mol. The Kier molecular flexibility index (Phi) is 6.11. The van der Waals surface area contributed by atoms with E-state index in [0.717, 1.165) is 18.5 Å². The summed E-state index contributed by atoms with van der Waals surface area (Å²) >= 11 is 0. The van der Waals surface area contributed by atoms with Crippen molar-refractivity contribution in [3.63, 3.8) is 0 Å². The molecule has 0 spiro atoms. The second-order valence-electron chi connectivity index (χ2n) is 8.47. The first-order valence-corrected chi connectivity index (χ1v) is 10.9. The minimum absolute atomic E-state index is 0.0140. The highest BCUT2D eigenvalue weighted by Crippen LogP contribution is 2.26. The van der Waals surface area contributed by atoms with Crippen molar-refractivity contribution in [3.8, 4) is 0 Å². The van der Waals surface area contributed by atoms with Crippen LogP contribution in [0.3, 0.4) is 0 Å². The average molecular weight is 399 g/mol. The van der Waals surface area contributed by atoms with Crippen LogP contribution in [0.4, 0.5) is 0 Å². The van der Waals surface area contributed by atoms with Gasteiger partial charge in [0.05, 0.1) is 24.7 Å². The third-order valence-electron chi connectivity index (χ3n) is 6.51. The fraction of sp³-hybridized carbons (Fsp3) is 0.636. The second kappa shape index (κ2) is 8.93. The number of hydrogen-bond donors (Lipinski definition) is 0. The van der Waals surface area contributed by atoms with E-state index in [2.05, 4.69) is 4.98 Å². The first kappa shape index (κ1) is 19.9. The predicted molar refractivity (Wildman–Crippen MR) is 108 cm³/mol. The predicted octanol–water partition coefficient (Wildman–Crippen LogP) is 1.82. The first-order chi connectivity index (χ1) is 14.1. The Morgan fingerprint density at radius 3 is 2.59 bits per heavy atom. The molecule has 3 fully saturated rings. The fourth-order valence-corrected chi connectivity index (χ4v) is 4.87. The summed E-state index contributed by atoms with van der Waals surface area (Å²) in [7, 11) is 0. The maximum atomic E-state index is 13.1. The van der Waals surface area contributed by atoms with Crippen LogP contribution in [-0.2, 0) is 20.9 Å². The first-order valence-electron chi connectivity index (χ1n) is 10.9. The number of carbonyl (C=O) groups is 3. The Morgan fingerprint density at radius 2 is 1.86 bits per heavy atom. The molecule has 0 aromatic carbocycles. The van der Waals surface area contributed by atoms with Gasteiger partial charge in [0.15, 0.2) is 0 Å². The summed E-state index contributed by atoms with van der Waals surface area (Å²) in [5.41, 5.74) is 0.824. The van der Waals surface area contributed by atoms with E-state index in [0.29, 0.717) is 45.1 Å². The van der Waals surface area contributed by atoms with E-state index in [1.54, 1.807) is 16.0 Å². The largest absolute Gasteiger partial charge is 0.336 e. The number of carbonyl (C=O) groups excluding carboxylic acids is 3. The van der Waals surface area contributed by atoms with Crippen molar-refractivity contribution < 1.29 is 14.4 Å². The quantitative estimate of drug-likeness (QED) is 0.776. The number of piperidine rings is 1. The molecule has 2 aliphatic heterocycles. The SMILES string of the molecule is O=C1CC[C@@H](C(=O)N2CCN(C3CCCCC3)C(=O)C2)CN1Cc1ccccn1. The summed E-state index contributed by atoms with van der Waals surface area (Å²) in [6.45, 7) is 2.26. The van der Waals surface area contributed by atoms with Crippen LogP contribution in [0.1, 0.15) is 50.6 Å². The summed E-state index contributed by atoms with van der Waals surface area (Å²) < 4.78 is 0. The van der Waals surface area contributed by atoms with E-state index in [4.69, 9.17) is 0 Å². The van der Waals surface area contributed by atoms with Crippen LogP contribution < -0.4 is 0 Å². The van der Waals surface area contributed by atoms with Crippen molar-refractivity contribution in [3.05, 3.63) is 30.1 Å². The zero-order valence-electron chi connectivity index (χ0n) is 17.0. The number of aromatic nitrogens is 1. The van der Waals surface area contributed by atoms with Gasteiger partial charge in [-0.3, -0.25) is 19.4 Å². The van der Waals surface area contributed by atoms with Crippen molar-refractivity contribution in [1.82, 2.24) is 19.7 Å². The maximum Gasteiger partial charge on any atom is 0.242 e. The van der Waals surface area contributed by atoms with Gasteiger partial charge in [-0.1, -0.05) is 25.3 Å². The molecular formula is C22H30N4O3. The number of amides is 3. The molecule has 1 aromatic rings. The highest BCUT2D eigenvalue weighted by atomic mass is 16.2. The molecule has 156 valence electrons. The zero-order chi connectivity index (χ0) is 20.2. The lowest BCUT2D eigenvalue weighted by atomic mass is 9.93. The van der Waals surface area contributed by atoms with Gasteiger partial charge in [-0.05, 0) is 31.4 Å². The molecule has 3 amide bonds. The molecule has 0 N–H and O–H groups in total. The van der Waals surface area contributed by atoms with E-state index in [1.807, 2.05) is 23.1 Å². The number of piperazine rings is 1. The molecule has 4 rings (SSSR count). The van der Waals surface area contributed by atoms with Gasteiger partial charge in [0.2, 0.25) is 17.7 Å². The van der Waals surface area contributed by atoms with Gasteiger partial charge in [-0.2, -0.15) is 0 Å². The minimum atomic E-state index is -0.231. The van der Waals surface area contributed by atoms with E-state index < -0.39 is 0 Å². The maximum absolute atomic E-state index is 13.1. The van der Waals surface area contributed by atoms with Gasteiger partial charge in [0.1, 0.15) is 0 Å². The van der Waals surface area contributed by atoms with E-state index >= 15 is 0 Å². The molecule has 0 radical (unpaired) electrons. The number of nitrogens with zero attached hydrogens (tertiary/aromatic N) is 4. The molecule has 29 heavy (non-hydrogen) atoms. The zero-order valence-corrected chi connectivity index (χ0v) is 17.0. The van der Waals surface area contributed by atoms with E-state index in [-0.39, 0.29) is 30.2 Å². The number of likely N-dealkylation sites (tertiary alicyclic amines) is 1. The van der Waals surface area contributed by atoms with Crippen molar-refractivity contribution in [2.75, 3.05) is 26.2 Å². The molecule has 2 saturated heterocycles. The van der Waals surface area contributed by atoms with Crippen LogP contribution in [-0.4, -0.2) is 69.6 Å². The number of rotatable bonds is 4. The van der Waals surface area contributed by atoms with Crippen molar-refractivity contribution >= 4 is 17.7 Å². The van der Waals surface area contributed by atoms with Crippen LogP contribution in [0.2, 0.25) is 0 Å². The van der Waals surface area contributed by atoms with E-state index in [1.165, 1.54) is 19.3 Å². The van der Waals surface area contributed by atoms with Gasteiger partial charge in [-0.25, -0.2) is 0 Å². The molecule has 0 unspecified atom stereocenters. The fourth-order valence-electron chi connectivity index (χ4n) is 4.87. The summed E-state index contributed by atoms with van der Waals surface area (Å²) in [6.07, 6.45) is 8.48. The number of pyridine rings is 1. The summed E-state index contributed by atoms with van der Waals surface area (Å²) in [4.78, 5) is 47.9. The Bertz CT molecular complexity index is 748. The van der Waals surface area contributed by atoms with Crippen LogP contribution in [0.15, 0.2) is 24.4 Å². The molecule has 7 heteroatoms. The molecule has 3 aliphatic rings. The van der Waals surface area contributed by atoms with Gasteiger partial charge in [0.25, 0.3) is 0 Å². The third-order valence-corrected chi connectivity index (χ3v) is 6.51. The Morgan fingerprint density at radius 1 is 1.03 bits per heavy atom. The highest BCUT2D eigenvalue weighted by Gasteiger charge is 2.37. The van der Waals surface area contributed by atoms with Crippen LogP contribution >= 0.6 is 0 Å². The highest BCUT2D eigenvalue weighted by molar-refractivity contribution is 5.88. The van der Waals surface area contributed by atoms with Crippen LogP contribution in [0, 0.1) is 5.92 Å². The number of hydrogen-bond acceptors (Lipinski definition) is 4. The molecular weight excluding hydrogens is 368 g/mol. The smallest absolute Gasteiger partial charge is 0.242 e. The lowest BCUT2D eigenvalue weighted by molar-refractivity contribution is -0.152. The molecule has 0 bridgehead atoms. The van der Waals surface area contributed by atoms with E-state index in [9.17, 15) is 14.4 Å². The van der Waals surface area contributed by atoms with Crippen molar-refractivity contribution in [2.24, 2.45) is 5.92 Å². The normalized spacial score (nSPS) is 24.1. The second-order valence-corrected chi connectivity index (χ2v) is 8.47. The molecule has 3 heterocycles. The van der Waals surface area contributed by atoms with Gasteiger partial charge < -0.3 is 14.7 Å². The topological polar surface area (TPSA) is 73.8 Å². The third kappa shape index (κ3) is 4.60. The Labute approximate surface area is 172 Å². The summed E-state index contributed by atoms with van der Waals surface area (Å²) in [5.74, 6) is -0.0720. The lowest BCUT2D eigenvalue weighted by Crippen LogP contribution is -2.57. The summed E-state index contributed by atoms with van der Waals surface area (Å²) in [5, 5.41) is 0. The Balaban J connectivity index is 1.34. The standard InChI is InChI=1S/C22H30N4O3/c27-20-10-9-17(14-25(20)15-18-6-4-5-11-23-18)22(29)24-12-13-26(21(28)16-24)19-7-2-1-3-8-19/h4-6,11,17,19H,1-3,7-10,12-16H2/t17-/m1/s1. The molecule has 1 saturated carbocycles. The van der Waals surface area contributed by atoms with Gasteiger partial charge in [0, 0.05) is 38.3 Å². The molecule has 1 aliphatic carbocycles. The Hall–Kier alpha value is -2.44.